The minimum absolute atomic E-state index is 0.342. The maximum atomic E-state index is 11.3. The van der Waals surface area contributed by atoms with Crippen LogP contribution in [-0.4, -0.2) is 25.1 Å². The zero-order chi connectivity index (χ0) is 10.6. The molecule has 0 spiro atoms. The van der Waals surface area contributed by atoms with Crippen molar-refractivity contribution in [3.05, 3.63) is 29.8 Å². The molecule has 0 saturated heterocycles. The Kier molecular flexibility index (Phi) is 3.51. The molecule has 0 unspecified atom stereocenters. The molecule has 14 heavy (non-hydrogen) atoms. The summed E-state index contributed by atoms with van der Waals surface area (Å²) < 4.78 is 5.18. The van der Waals surface area contributed by atoms with E-state index in [2.05, 4.69) is 0 Å². The van der Waals surface area contributed by atoms with Gasteiger partial charge in [-0.2, -0.15) is 0 Å². The zero-order valence-electron chi connectivity index (χ0n) is 8.78. The average molecular weight is 193 g/mol. The number of rotatable bonds is 2. The Morgan fingerprint density at radius 3 is 2.57 bits per heavy atom. The van der Waals surface area contributed by atoms with Gasteiger partial charge in [0.2, 0.25) is 0 Å². The molecule has 76 valence electrons. The Morgan fingerprint density at radius 1 is 1.36 bits per heavy atom. The summed E-state index contributed by atoms with van der Waals surface area (Å²) in [7, 11) is 3.33. The quantitative estimate of drug-likeness (QED) is 0.721. The fourth-order valence-electron chi connectivity index (χ4n) is 1.08. The Hall–Kier alpha value is -1.51. The summed E-state index contributed by atoms with van der Waals surface area (Å²) in [6.07, 6.45) is 0.516. The van der Waals surface area contributed by atoms with Crippen molar-refractivity contribution in [2.75, 3.05) is 14.1 Å². The van der Waals surface area contributed by atoms with Gasteiger partial charge >= 0.3 is 6.09 Å². The van der Waals surface area contributed by atoms with Crippen LogP contribution in [0.25, 0.3) is 0 Å². The second-order valence-corrected chi connectivity index (χ2v) is 3.22. The van der Waals surface area contributed by atoms with E-state index in [1.165, 1.54) is 4.90 Å². The Balaban J connectivity index is 2.80. The lowest BCUT2D eigenvalue weighted by atomic mass is 10.1. The standard InChI is InChI=1S/C11H15NO2/c1-4-9-7-5-6-8-10(9)14-11(13)12(2)3/h5-8H,4H2,1-3H3. The van der Waals surface area contributed by atoms with E-state index in [-0.39, 0.29) is 6.09 Å². The van der Waals surface area contributed by atoms with Crippen LogP contribution in [-0.2, 0) is 6.42 Å². The van der Waals surface area contributed by atoms with Crippen molar-refractivity contribution >= 4 is 6.09 Å². The number of hydrogen-bond donors (Lipinski definition) is 0. The molecule has 0 aliphatic rings. The second-order valence-electron chi connectivity index (χ2n) is 3.22. The smallest absolute Gasteiger partial charge is 0.410 e. The molecule has 3 heteroatoms. The zero-order valence-corrected chi connectivity index (χ0v) is 8.78. The Morgan fingerprint density at radius 2 is 2.00 bits per heavy atom. The van der Waals surface area contributed by atoms with Gasteiger partial charge in [-0.1, -0.05) is 25.1 Å². The Bertz CT molecular complexity index is 321. The molecule has 0 radical (unpaired) electrons. The molecule has 0 aliphatic carbocycles. The van der Waals surface area contributed by atoms with Crippen LogP contribution in [0.15, 0.2) is 24.3 Å². The monoisotopic (exact) mass is 193 g/mol. The topological polar surface area (TPSA) is 29.5 Å². The molecule has 3 nitrogen and oxygen atoms in total. The minimum atomic E-state index is -0.342. The predicted octanol–water partition coefficient (Wildman–Crippen LogP) is 2.31. The van der Waals surface area contributed by atoms with Crippen molar-refractivity contribution in [2.45, 2.75) is 13.3 Å². The van der Waals surface area contributed by atoms with Gasteiger partial charge in [-0.3, -0.25) is 0 Å². The van der Waals surface area contributed by atoms with Gasteiger partial charge in [0.15, 0.2) is 0 Å². The number of carbonyl (C=O) groups excluding carboxylic acids is 1. The third-order valence-corrected chi connectivity index (χ3v) is 1.92. The Labute approximate surface area is 84.3 Å². The molecular weight excluding hydrogens is 178 g/mol. The van der Waals surface area contributed by atoms with Gasteiger partial charge in [0.1, 0.15) is 5.75 Å². The third kappa shape index (κ3) is 2.49. The molecule has 0 bridgehead atoms. The summed E-state index contributed by atoms with van der Waals surface area (Å²) in [6.45, 7) is 2.03. The first-order chi connectivity index (χ1) is 6.65. The van der Waals surface area contributed by atoms with Gasteiger partial charge in [0.05, 0.1) is 0 Å². The molecule has 1 aromatic rings. The fourth-order valence-corrected chi connectivity index (χ4v) is 1.08. The van der Waals surface area contributed by atoms with Gasteiger partial charge in [0.25, 0.3) is 0 Å². The lowest BCUT2D eigenvalue weighted by Gasteiger charge is -2.12. The first-order valence-electron chi connectivity index (χ1n) is 4.62. The predicted molar refractivity (Wildman–Crippen MR) is 55.5 cm³/mol. The molecule has 0 aromatic heterocycles. The number of para-hydroxylation sites is 1. The molecule has 1 rings (SSSR count). The second kappa shape index (κ2) is 4.65. The maximum absolute atomic E-state index is 11.3. The van der Waals surface area contributed by atoms with E-state index in [0.717, 1.165) is 12.0 Å². The van der Waals surface area contributed by atoms with Crippen molar-refractivity contribution in [1.82, 2.24) is 4.90 Å². The highest BCUT2D eigenvalue weighted by Crippen LogP contribution is 2.18. The number of nitrogens with zero attached hydrogens (tertiary/aromatic N) is 1. The number of carbonyl (C=O) groups is 1. The minimum Gasteiger partial charge on any atom is -0.410 e. The lowest BCUT2D eigenvalue weighted by Crippen LogP contribution is -2.25. The molecule has 1 aromatic carbocycles. The summed E-state index contributed by atoms with van der Waals surface area (Å²) >= 11 is 0. The third-order valence-electron chi connectivity index (χ3n) is 1.92. The van der Waals surface area contributed by atoms with Crippen LogP contribution in [0.4, 0.5) is 4.79 Å². The highest BCUT2D eigenvalue weighted by Gasteiger charge is 2.08. The van der Waals surface area contributed by atoms with Crippen LogP contribution >= 0.6 is 0 Å². The lowest BCUT2D eigenvalue weighted by molar-refractivity contribution is 0.171. The van der Waals surface area contributed by atoms with Crippen molar-refractivity contribution in [1.29, 1.82) is 0 Å². The summed E-state index contributed by atoms with van der Waals surface area (Å²) in [6, 6.07) is 7.56. The molecule has 0 aliphatic heterocycles. The summed E-state index contributed by atoms with van der Waals surface area (Å²) in [5.41, 5.74) is 1.04. The molecule has 0 saturated carbocycles. The van der Waals surface area contributed by atoms with Crippen LogP contribution in [0.3, 0.4) is 0 Å². The largest absolute Gasteiger partial charge is 0.414 e. The van der Waals surface area contributed by atoms with E-state index in [0.29, 0.717) is 5.75 Å². The number of amides is 1. The molecule has 0 atom stereocenters. The molecule has 0 fully saturated rings. The summed E-state index contributed by atoms with van der Waals surface area (Å²) in [4.78, 5) is 12.7. The van der Waals surface area contributed by atoms with Gasteiger partial charge in [-0.15, -0.1) is 0 Å². The van der Waals surface area contributed by atoms with Crippen molar-refractivity contribution in [3.8, 4) is 5.75 Å². The summed E-state index contributed by atoms with van der Waals surface area (Å²) in [5.74, 6) is 0.647. The number of ether oxygens (including phenoxy) is 1. The molecule has 0 heterocycles. The van der Waals surface area contributed by atoms with Crippen LogP contribution in [0.2, 0.25) is 0 Å². The van der Waals surface area contributed by atoms with Crippen LogP contribution in [0.5, 0.6) is 5.75 Å². The van der Waals surface area contributed by atoms with E-state index in [9.17, 15) is 4.79 Å². The van der Waals surface area contributed by atoms with Crippen LogP contribution < -0.4 is 4.74 Å². The van der Waals surface area contributed by atoms with Gasteiger partial charge in [-0.05, 0) is 18.1 Å². The first kappa shape index (κ1) is 10.6. The molecule has 0 N–H and O–H groups in total. The highest BCUT2D eigenvalue weighted by molar-refractivity contribution is 5.70. The SMILES string of the molecule is CCc1ccccc1OC(=O)N(C)C. The maximum Gasteiger partial charge on any atom is 0.414 e. The van der Waals surface area contributed by atoms with E-state index in [1.54, 1.807) is 20.2 Å². The van der Waals surface area contributed by atoms with Gasteiger partial charge in [-0.25, -0.2) is 4.79 Å². The summed E-state index contributed by atoms with van der Waals surface area (Å²) in [5, 5.41) is 0. The van der Waals surface area contributed by atoms with Crippen LogP contribution in [0.1, 0.15) is 12.5 Å². The highest BCUT2D eigenvalue weighted by atomic mass is 16.6. The normalized spacial score (nSPS) is 9.64. The van der Waals surface area contributed by atoms with E-state index < -0.39 is 0 Å². The van der Waals surface area contributed by atoms with Crippen molar-refractivity contribution in [2.24, 2.45) is 0 Å². The van der Waals surface area contributed by atoms with Gasteiger partial charge in [0, 0.05) is 14.1 Å². The average Bonchev–Trinajstić information content (AvgIpc) is 2.18. The van der Waals surface area contributed by atoms with Gasteiger partial charge < -0.3 is 9.64 Å². The molecular formula is C11H15NO2. The number of aryl methyl sites for hydroxylation is 1. The number of benzene rings is 1. The first-order valence-corrected chi connectivity index (χ1v) is 4.62. The van der Waals surface area contributed by atoms with E-state index in [1.807, 2.05) is 25.1 Å². The number of hydrogen-bond acceptors (Lipinski definition) is 2. The van der Waals surface area contributed by atoms with E-state index in [4.69, 9.17) is 4.74 Å². The fraction of sp³-hybridized carbons (Fsp3) is 0.364. The van der Waals surface area contributed by atoms with E-state index >= 15 is 0 Å². The van der Waals surface area contributed by atoms with Crippen molar-refractivity contribution in [3.63, 3.8) is 0 Å². The van der Waals surface area contributed by atoms with Crippen molar-refractivity contribution < 1.29 is 9.53 Å². The van der Waals surface area contributed by atoms with Crippen LogP contribution in [0, 0.1) is 0 Å². The molecule has 1 amide bonds.